The van der Waals surface area contributed by atoms with Gasteiger partial charge in [0.15, 0.2) is 5.76 Å². The highest BCUT2D eigenvalue weighted by molar-refractivity contribution is 6.14. The molecule has 0 spiro atoms. The summed E-state index contributed by atoms with van der Waals surface area (Å²) in [5.74, 6) is 0.748. The predicted octanol–water partition coefficient (Wildman–Crippen LogP) is 2.82. The van der Waals surface area contributed by atoms with Gasteiger partial charge in [-0.15, -0.1) is 0 Å². The van der Waals surface area contributed by atoms with Gasteiger partial charge in [0.2, 0.25) is 5.78 Å². The van der Waals surface area contributed by atoms with Crippen molar-refractivity contribution in [3.8, 4) is 11.5 Å². The highest BCUT2D eigenvalue weighted by Crippen LogP contribution is 2.34. The average molecular weight is 270 g/mol. The van der Waals surface area contributed by atoms with Crippen LogP contribution in [0.4, 0.5) is 0 Å². The smallest absolute Gasteiger partial charge is 0.308 e. The summed E-state index contributed by atoms with van der Waals surface area (Å²) in [6.07, 6.45) is 3.03. The van der Waals surface area contributed by atoms with E-state index in [1.54, 1.807) is 24.3 Å². The third kappa shape index (κ3) is 2.21. The Hall–Kier alpha value is -2.82. The fourth-order valence-electron chi connectivity index (χ4n) is 1.90. The zero-order valence-electron chi connectivity index (χ0n) is 10.6. The monoisotopic (exact) mass is 270 g/mol. The molecule has 0 fully saturated rings. The highest BCUT2D eigenvalue weighted by Gasteiger charge is 2.28. The molecule has 1 aliphatic rings. The van der Waals surface area contributed by atoms with Gasteiger partial charge in [-0.25, -0.2) is 0 Å². The summed E-state index contributed by atoms with van der Waals surface area (Å²) < 4.78 is 15.6. The first-order valence-electron chi connectivity index (χ1n) is 5.94. The number of Topliss-reactive ketones (excluding diaryl/α,β-unsaturated/α-hetero) is 1. The van der Waals surface area contributed by atoms with E-state index in [1.165, 1.54) is 25.3 Å². The fraction of sp³-hybridized carbons (Fsp3) is 0.0667. The molecular weight excluding hydrogens is 260 g/mol. The SMILES string of the molecule is CC(=O)Oc1ccc2c(c1)O/C(=C/c1ccco1)C2=O. The third-order valence-corrected chi connectivity index (χ3v) is 2.72. The zero-order chi connectivity index (χ0) is 14.1. The molecule has 0 aliphatic carbocycles. The van der Waals surface area contributed by atoms with Crippen molar-refractivity contribution in [2.45, 2.75) is 6.92 Å². The number of fused-ring (bicyclic) bond motifs is 1. The highest BCUT2D eigenvalue weighted by atomic mass is 16.5. The Kier molecular flexibility index (Phi) is 2.87. The number of furan rings is 1. The van der Waals surface area contributed by atoms with E-state index in [4.69, 9.17) is 13.9 Å². The van der Waals surface area contributed by atoms with Crippen LogP contribution in [-0.2, 0) is 4.79 Å². The molecule has 0 saturated heterocycles. The van der Waals surface area contributed by atoms with Gasteiger partial charge in [0.1, 0.15) is 17.3 Å². The molecular formula is C15H10O5. The number of rotatable bonds is 2. The largest absolute Gasteiger partial charge is 0.465 e. The van der Waals surface area contributed by atoms with Crippen molar-refractivity contribution in [2.24, 2.45) is 0 Å². The minimum absolute atomic E-state index is 0.176. The minimum atomic E-state index is -0.430. The van der Waals surface area contributed by atoms with E-state index in [1.807, 2.05) is 0 Å². The standard InChI is InChI=1S/C15H10O5/c1-9(16)19-11-4-5-12-13(8-11)20-14(15(12)17)7-10-3-2-6-18-10/h2-8H,1H3/b14-7+. The summed E-state index contributed by atoms with van der Waals surface area (Å²) >= 11 is 0. The summed E-state index contributed by atoms with van der Waals surface area (Å²) in [6.45, 7) is 1.31. The maximum absolute atomic E-state index is 12.1. The molecule has 0 radical (unpaired) electrons. The maximum atomic E-state index is 12.1. The van der Waals surface area contributed by atoms with E-state index < -0.39 is 5.97 Å². The first-order chi connectivity index (χ1) is 9.63. The van der Waals surface area contributed by atoms with Crippen molar-refractivity contribution in [3.63, 3.8) is 0 Å². The van der Waals surface area contributed by atoms with Gasteiger partial charge < -0.3 is 13.9 Å². The Labute approximate surface area is 114 Å². The Balaban J connectivity index is 1.92. The molecule has 0 atom stereocenters. The van der Waals surface area contributed by atoms with Gasteiger partial charge in [-0.1, -0.05) is 0 Å². The lowest BCUT2D eigenvalue weighted by Gasteiger charge is -2.02. The first-order valence-corrected chi connectivity index (χ1v) is 5.94. The lowest BCUT2D eigenvalue weighted by atomic mass is 10.1. The molecule has 2 heterocycles. The summed E-state index contributed by atoms with van der Waals surface area (Å²) in [5.41, 5.74) is 0.429. The van der Waals surface area contributed by atoms with Crippen molar-refractivity contribution in [1.82, 2.24) is 0 Å². The lowest BCUT2D eigenvalue weighted by Crippen LogP contribution is -2.01. The summed E-state index contributed by atoms with van der Waals surface area (Å²) in [6, 6.07) is 8.07. The number of ether oxygens (including phenoxy) is 2. The van der Waals surface area contributed by atoms with E-state index >= 15 is 0 Å². The van der Waals surface area contributed by atoms with E-state index in [0.717, 1.165) is 0 Å². The molecule has 0 saturated carbocycles. The number of hydrogen-bond donors (Lipinski definition) is 0. The van der Waals surface area contributed by atoms with Gasteiger partial charge in [-0.2, -0.15) is 0 Å². The molecule has 0 unspecified atom stereocenters. The Morgan fingerprint density at radius 2 is 2.15 bits per heavy atom. The van der Waals surface area contributed by atoms with Crippen LogP contribution in [0.25, 0.3) is 6.08 Å². The lowest BCUT2D eigenvalue weighted by molar-refractivity contribution is -0.131. The van der Waals surface area contributed by atoms with E-state index in [0.29, 0.717) is 22.8 Å². The second-order valence-corrected chi connectivity index (χ2v) is 4.21. The van der Waals surface area contributed by atoms with Crippen LogP contribution in [0.1, 0.15) is 23.0 Å². The molecule has 0 amide bonds. The van der Waals surface area contributed by atoms with E-state index in [2.05, 4.69) is 0 Å². The van der Waals surface area contributed by atoms with Gasteiger partial charge >= 0.3 is 5.97 Å². The van der Waals surface area contributed by atoms with Gasteiger partial charge in [0, 0.05) is 19.1 Å². The van der Waals surface area contributed by atoms with Gasteiger partial charge in [-0.3, -0.25) is 9.59 Å². The Bertz CT molecular complexity index is 710. The number of carbonyl (C=O) groups excluding carboxylic acids is 2. The molecule has 20 heavy (non-hydrogen) atoms. The topological polar surface area (TPSA) is 65.7 Å². The molecule has 5 heteroatoms. The van der Waals surface area contributed by atoms with Crippen LogP contribution in [0.3, 0.4) is 0 Å². The molecule has 2 aromatic rings. The molecule has 0 bridgehead atoms. The second kappa shape index (κ2) is 4.70. The molecule has 1 aliphatic heterocycles. The zero-order valence-corrected chi connectivity index (χ0v) is 10.6. The Morgan fingerprint density at radius 3 is 2.85 bits per heavy atom. The van der Waals surface area contributed by atoms with Crippen LogP contribution < -0.4 is 9.47 Å². The van der Waals surface area contributed by atoms with Crippen LogP contribution in [0, 0.1) is 0 Å². The van der Waals surface area contributed by atoms with Crippen molar-refractivity contribution < 1.29 is 23.5 Å². The van der Waals surface area contributed by atoms with E-state index in [9.17, 15) is 9.59 Å². The van der Waals surface area contributed by atoms with Crippen molar-refractivity contribution >= 4 is 17.8 Å². The van der Waals surface area contributed by atoms with Crippen LogP contribution in [-0.4, -0.2) is 11.8 Å². The number of allylic oxidation sites excluding steroid dienone is 1. The molecule has 100 valence electrons. The summed E-state index contributed by atoms with van der Waals surface area (Å²) in [4.78, 5) is 23.0. The quantitative estimate of drug-likeness (QED) is 0.477. The second-order valence-electron chi connectivity index (χ2n) is 4.21. The predicted molar refractivity (Wildman–Crippen MR) is 69.4 cm³/mol. The third-order valence-electron chi connectivity index (χ3n) is 2.72. The maximum Gasteiger partial charge on any atom is 0.308 e. The van der Waals surface area contributed by atoms with Gasteiger partial charge in [-0.05, 0) is 24.3 Å². The number of benzene rings is 1. The van der Waals surface area contributed by atoms with E-state index in [-0.39, 0.29) is 11.5 Å². The van der Waals surface area contributed by atoms with Crippen LogP contribution >= 0.6 is 0 Å². The summed E-state index contributed by atoms with van der Waals surface area (Å²) in [7, 11) is 0. The first kappa shape index (κ1) is 12.2. The average Bonchev–Trinajstić information content (AvgIpc) is 2.99. The van der Waals surface area contributed by atoms with Gasteiger partial charge in [0.25, 0.3) is 0 Å². The number of ketones is 1. The molecule has 1 aromatic carbocycles. The van der Waals surface area contributed by atoms with Crippen LogP contribution in [0.15, 0.2) is 46.8 Å². The number of carbonyl (C=O) groups is 2. The summed E-state index contributed by atoms with van der Waals surface area (Å²) in [5, 5.41) is 0. The molecule has 0 N–H and O–H groups in total. The van der Waals surface area contributed by atoms with Gasteiger partial charge in [0.05, 0.1) is 11.8 Å². The Morgan fingerprint density at radius 1 is 1.30 bits per heavy atom. The van der Waals surface area contributed by atoms with Crippen molar-refractivity contribution in [2.75, 3.05) is 0 Å². The fourth-order valence-corrected chi connectivity index (χ4v) is 1.90. The van der Waals surface area contributed by atoms with Crippen LogP contribution in [0.2, 0.25) is 0 Å². The minimum Gasteiger partial charge on any atom is -0.465 e. The van der Waals surface area contributed by atoms with Crippen molar-refractivity contribution in [1.29, 1.82) is 0 Å². The number of hydrogen-bond acceptors (Lipinski definition) is 5. The molecule has 1 aromatic heterocycles. The molecule has 3 rings (SSSR count). The number of esters is 1. The van der Waals surface area contributed by atoms with Crippen LogP contribution in [0.5, 0.6) is 11.5 Å². The molecule has 5 nitrogen and oxygen atoms in total. The normalized spacial score (nSPS) is 15.1. The van der Waals surface area contributed by atoms with Crippen molar-refractivity contribution in [3.05, 3.63) is 53.7 Å².